The maximum absolute atomic E-state index is 9.52. The van der Waals surface area contributed by atoms with Gasteiger partial charge in [-0.2, -0.15) is 0 Å². The second-order valence-electron chi connectivity index (χ2n) is 3.35. The maximum Gasteiger partial charge on any atom is 0.119 e. The molecule has 0 bridgehead atoms. The summed E-state index contributed by atoms with van der Waals surface area (Å²) in [7, 11) is 1.61. The number of hydrogen-bond donors (Lipinski definition) is 1. The third-order valence-electron chi connectivity index (χ3n) is 1.93. The summed E-state index contributed by atoms with van der Waals surface area (Å²) in [5.74, 6) is 0.749. The number of rotatable bonds is 8. The van der Waals surface area contributed by atoms with Gasteiger partial charge in [-0.15, -0.1) is 0 Å². The van der Waals surface area contributed by atoms with Crippen LogP contribution < -0.4 is 4.74 Å². The van der Waals surface area contributed by atoms with E-state index in [-0.39, 0.29) is 13.2 Å². The summed E-state index contributed by atoms with van der Waals surface area (Å²) in [6.45, 7) is 1.51. The fourth-order valence-corrected chi connectivity index (χ4v) is 1.12. The van der Waals surface area contributed by atoms with Crippen molar-refractivity contribution < 1.29 is 19.3 Å². The maximum atomic E-state index is 9.52. The van der Waals surface area contributed by atoms with Gasteiger partial charge in [-0.1, -0.05) is 18.2 Å². The fourth-order valence-electron chi connectivity index (χ4n) is 1.12. The SMILES string of the molecule is COCCOCC(O)COc1ccccc1. The lowest BCUT2D eigenvalue weighted by atomic mass is 10.3. The number of aliphatic hydroxyl groups excluding tert-OH is 1. The summed E-state index contributed by atoms with van der Waals surface area (Å²) in [5.41, 5.74) is 0. The third kappa shape index (κ3) is 5.70. The molecule has 1 aromatic carbocycles. The van der Waals surface area contributed by atoms with Gasteiger partial charge in [0.15, 0.2) is 0 Å². The molecule has 1 N–H and O–H groups in total. The van der Waals surface area contributed by atoms with Crippen molar-refractivity contribution in [1.82, 2.24) is 0 Å². The van der Waals surface area contributed by atoms with Crippen molar-refractivity contribution in [2.24, 2.45) is 0 Å². The molecule has 0 aliphatic carbocycles. The quantitative estimate of drug-likeness (QED) is 0.674. The molecule has 1 rings (SSSR count). The highest BCUT2D eigenvalue weighted by Gasteiger charge is 2.04. The molecule has 0 amide bonds. The Labute approximate surface area is 95.8 Å². The van der Waals surface area contributed by atoms with E-state index in [0.29, 0.717) is 13.2 Å². The lowest BCUT2D eigenvalue weighted by Crippen LogP contribution is -2.24. The second kappa shape index (κ2) is 8.10. The number of aliphatic hydroxyl groups is 1. The zero-order valence-electron chi connectivity index (χ0n) is 9.46. The standard InChI is InChI=1S/C12H18O4/c1-14-7-8-15-9-11(13)10-16-12-5-3-2-4-6-12/h2-6,11,13H,7-10H2,1H3. The minimum absolute atomic E-state index is 0.233. The third-order valence-corrected chi connectivity index (χ3v) is 1.93. The highest BCUT2D eigenvalue weighted by molar-refractivity contribution is 5.20. The highest BCUT2D eigenvalue weighted by Crippen LogP contribution is 2.08. The molecule has 0 radical (unpaired) electrons. The van der Waals surface area contributed by atoms with E-state index >= 15 is 0 Å². The van der Waals surface area contributed by atoms with Crippen molar-refractivity contribution >= 4 is 0 Å². The van der Waals surface area contributed by atoms with Gasteiger partial charge in [0, 0.05) is 7.11 Å². The van der Waals surface area contributed by atoms with E-state index in [9.17, 15) is 5.11 Å². The average molecular weight is 226 g/mol. The van der Waals surface area contributed by atoms with Crippen LogP contribution >= 0.6 is 0 Å². The van der Waals surface area contributed by atoms with E-state index < -0.39 is 6.10 Å². The summed E-state index contributed by atoms with van der Waals surface area (Å²) in [4.78, 5) is 0. The molecule has 0 aromatic heterocycles. The highest BCUT2D eigenvalue weighted by atomic mass is 16.5. The molecule has 0 fully saturated rings. The van der Waals surface area contributed by atoms with Gasteiger partial charge in [0.05, 0.1) is 19.8 Å². The lowest BCUT2D eigenvalue weighted by molar-refractivity contribution is -0.00419. The van der Waals surface area contributed by atoms with Gasteiger partial charge < -0.3 is 19.3 Å². The molecule has 4 heteroatoms. The summed E-state index contributed by atoms with van der Waals surface area (Å²) in [6.07, 6.45) is -0.614. The fraction of sp³-hybridized carbons (Fsp3) is 0.500. The first-order chi connectivity index (χ1) is 7.83. The average Bonchev–Trinajstić information content (AvgIpc) is 2.33. The van der Waals surface area contributed by atoms with E-state index in [0.717, 1.165) is 5.75 Å². The molecule has 0 spiro atoms. The summed E-state index contributed by atoms with van der Waals surface area (Å²) >= 11 is 0. The number of methoxy groups -OCH3 is 1. The Morgan fingerprint density at radius 3 is 2.56 bits per heavy atom. The Kier molecular flexibility index (Phi) is 6.56. The Morgan fingerprint density at radius 1 is 1.12 bits per heavy atom. The minimum atomic E-state index is -0.614. The molecule has 16 heavy (non-hydrogen) atoms. The molecular formula is C12H18O4. The van der Waals surface area contributed by atoms with Crippen LogP contribution in [0.3, 0.4) is 0 Å². The van der Waals surface area contributed by atoms with Crippen LogP contribution in [0, 0.1) is 0 Å². The first-order valence-electron chi connectivity index (χ1n) is 5.25. The van der Waals surface area contributed by atoms with E-state index in [4.69, 9.17) is 14.2 Å². The van der Waals surface area contributed by atoms with Gasteiger partial charge in [-0.25, -0.2) is 0 Å². The molecule has 4 nitrogen and oxygen atoms in total. The molecule has 1 atom stereocenters. The minimum Gasteiger partial charge on any atom is -0.491 e. The first-order valence-corrected chi connectivity index (χ1v) is 5.25. The van der Waals surface area contributed by atoms with Gasteiger partial charge in [-0.3, -0.25) is 0 Å². The normalized spacial score (nSPS) is 12.4. The summed E-state index contributed by atoms with van der Waals surface area (Å²) in [5, 5.41) is 9.52. The predicted molar refractivity (Wildman–Crippen MR) is 60.6 cm³/mol. The predicted octanol–water partition coefficient (Wildman–Crippen LogP) is 1.09. The smallest absolute Gasteiger partial charge is 0.119 e. The molecule has 1 unspecified atom stereocenters. The molecule has 90 valence electrons. The van der Waals surface area contributed by atoms with Crippen LogP contribution in [0.1, 0.15) is 0 Å². The van der Waals surface area contributed by atoms with Crippen molar-refractivity contribution in [1.29, 1.82) is 0 Å². The zero-order valence-corrected chi connectivity index (χ0v) is 9.46. The van der Waals surface area contributed by atoms with Crippen LogP contribution in [0.25, 0.3) is 0 Å². The second-order valence-corrected chi connectivity index (χ2v) is 3.35. The Balaban J connectivity index is 2.08. The first kappa shape index (κ1) is 13.0. The Hall–Kier alpha value is -1.10. The largest absolute Gasteiger partial charge is 0.491 e. The number of benzene rings is 1. The van der Waals surface area contributed by atoms with Gasteiger partial charge in [-0.05, 0) is 12.1 Å². The van der Waals surface area contributed by atoms with E-state index in [1.807, 2.05) is 30.3 Å². The molecular weight excluding hydrogens is 208 g/mol. The summed E-state index contributed by atoms with van der Waals surface area (Å²) in [6, 6.07) is 9.38. The van der Waals surface area contributed by atoms with E-state index in [1.54, 1.807) is 7.11 Å². The lowest BCUT2D eigenvalue weighted by Gasteiger charge is -2.12. The van der Waals surface area contributed by atoms with E-state index in [1.165, 1.54) is 0 Å². The summed E-state index contributed by atoms with van der Waals surface area (Å²) < 4.78 is 15.3. The number of para-hydroxylation sites is 1. The Bertz CT molecular complexity index is 263. The number of ether oxygens (including phenoxy) is 3. The molecule has 1 aromatic rings. The van der Waals surface area contributed by atoms with Crippen LogP contribution in [0.15, 0.2) is 30.3 Å². The zero-order chi connectivity index (χ0) is 11.6. The van der Waals surface area contributed by atoms with Gasteiger partial charge in [0.25, 0.3) is 0 Å². The van der Waals surface area contributed by atoms with Crippen LogP contribution in [-0.4, -0.2) is 44.7 Å². The molecule has 0 saturated heterocycles. The van der Waals surface area contributed by atoms with Crippen molar-refractivity contribution in [3.63, 3.8) is 0 Å². The Morgan fingerprint density at radius 2 is 1.88 bits per heavy atom. The van der Waals surface area contributed by atoms with Crippen molar-refractivity contribution in [3.05, 3.63) is 30.3 Å². The number of hydrogen-bond acceptors (Lipinski definition) is 4. The van der Waals surface area contributed by atoms with Crippen LogP contribution in [0.5, 0.6) is 5.75 Å². The monoisotopic (exact) mass is 226 g/mol. The van der Waals surface area contributed by atoms with Crippen LogP contribution in [-0.2, 0) is 9.47 Å². The van der Waals surface area contributed by atoms with Crippen molar-refractivity contribution in [2.75, 3.05) is 33.5 Å². The molecule has 0 heterocycles. The molecule has 0 saturated carbocycles. The van der Waals surface area contributed by atoms with Crippen molar-refractivity contribution in [2.45, 2.75) is 6.10 Å². The van der Waals surface area contributed by atoms with Crippen LogP contribution in [0.2, 0.25) is 0 Å². The van der Waals surface area contributed by atoms with Gasteiger partial charge in [0.1, 0.15) is 18.5 Å². The van der Waals surface area contributed by atoms with Gasteiger partial charge in [0.2, 0.25) is 0 Å². The van der Waals surface area contributed by atoms with E-state index in [2.05, 4.69) is 0 Å². The molecule has 0 aliphatic rings. The van der Waals surface area contributed by atoms with Crippen LogP contribution in [0.4, 0.5) is 0 Å². The van der Waals surface area contributed by atoms with Gasteiger partial charge >= 0.3 is 0 Å². The topological polar surface area (TPSA) is 47.9 Å². The van der Waals surface area contributed by atoms with Crippen molar-refractivity contribution in [3.8, 4) is 5.75 Å². The molecule has 0 aliphatic heterocycles.